The number of rotatable bonds is 3. The summed E-state index contributed by atoms with van der Waals surface area (Å²) in [4.78, 5) is 1.40. The molecule has 0 unspecified atom stereocenters. The second-order valence-electron chi connectivity index (χ2n) is 3.23. The van der Waals surface area contributed by atoms with Crippen LogP contribution in [-0.2, 0) is 6.54 Å². The number of nitrogens with one attached hydrogen (secondary N) is 1. The predicted molar refractivity (Wildman–Crippen MR) is 61.0 cm³/mol. The Balaban J connectivity index is 1.79. The van der Waals surface area contributed by atoms with Gasteiger partial charge in [-0.15, -0.1) is 11.3 Å². The van der Waals surface area contributed by atoms with Crippen LogP contribution in [0.5, 0.6) is 0 Å². The number of halogens is 1. The number of hydrogen-bond acceptors (Lipinski definition) is 2. The lowest BCUT2D eigenvalue weighted by atomic mass is 10.2. The molecule has 1 aliphatic rings. The van der Waals surface area contributed by atoms with Crippen molar-refractivity contribution >= 4 is 27.3 Å². The molecule has 0 aliphatic heterocycles. The van der Waals surface area contributed by atoms with Crippen LogP contribution in [0.1, 0.15) is 17.7 Å². The largest absolute Gasteiger partial charge is 0.308 e. The summed E-state index contributed by atoms with van der Waals surface area (Å²) >= 11 is 5.27. The summed E-state index contributed by atoms with van der Waals surface area (Å²) in [5.41, 5.74) is 0. The quantitative estimate of drug-likeness (QED) is 0.820. The van der Waals surface area contributed by atoms with Crippen LogP contribution in [0.3, 0.4) is 0 Å². The molecule has 1 aliphatic carbocycles. The Labute approximate surface area is 91.0 Å². The molecule has 0 amide bonds. The summed E-state index contributed by atoms with van der Waals surface area (Å²) in [5.74, 6) is 0. The smallest absolute Gasteiger partial charge is 0.0701 e. The second kappa shape index (κ2) is 4.40. The summed E-state index contributed by atoms with van der Waals surface area (Å²) in [6, 6.07) is 4.94. The van der Waals surface area contributed by atoms with Crippen molar-refractivity contribution in [3.8, 4) is 0 Å². The van der Waals surface area contributed by atoms with Crippen molar-refractivity contribution in [2.24, 2.45) is 0 Å². The normalized spacial score (nSPS) is 17.0. The predicted octanol–water partition coefficient (Wildman–Crippen LogP) is 3.32. The monoisotopic (exact) mass is 257 g/mol. The van der Waals surface area contributed by atoms with Gasteiger partial charge in [0, 0.05) is 17.5 Å². The molecular formula is C10H12BrNS. The lowest BCUT2D eigenvalue weighted by Gasteiger charge is -2.09. The molecule has 1 heterocycles. The van der Waals surface area contributed by atoms with Gasteiger partial charge in [-0.3, -0.25) is 0 Å². The highest BCUT2D eigenvalue weighted by Gasteiger charge is 2.09. The van der Waals surface area contributed by atoms with Gasteiger partial charge >= 0.3 is 0 Å². The topological polar surface area (TPSA) is 12.0 Å². The molecule has 2 rings (SSSR count). The fourth-order valence-corrected chi connectivity index (χ4v) is 2.91. The van der Waals surface area contributed by atoms with E-state index in [2.05, 4.69) is 45.5 Å². The Morgan fingerprint density at radius 3 is 2.77 bits per heavy atom. The maximum Gasteiger partial charge on any atom is 0.0701 e. The summed E-state index contributed by atoms with van der Waals surface area (Å²) in [6.45, 7) is 1.00. The van der Waals surface area contributed by atoms with Gasteiger partial charge in [-0.2, -0.15) is 0 Å². The summed E-state index contributed by atoms with van der Waals surface area (Å²) in [5, 5.41) is 3.54. The van der Waals surface area contributed by atoms with E-state index >= 15 is 0 Å². The van der Waals surface area contributed by atoms with Crippen molar-refractivity contribution in [2.45, 2.75) is 25.4 Å². The van der Waals surface area contributed by atoms with Crippen molar-refractivity contribution in [2.75, 3.05) is 0 Å². The van der Waals surface area contributed by atoms with E-state index in [1.807, 2.05) is 0 Å². The third kappa shape index (κ3) is 2.66. The van der Waals surface area contributed by atoms with E-state index in [0.717, 1.165) is 6.54 Å². The minimum Gasteiger partial charge on any atom is -0.308 e. The molecule has 0 fully saturated rings. The molecule has 0 atom stereocenters. The van der Waals surface area contributed by atoms with E-state index in [1.54, 1.807) is 11.3 Å². The molecular weight excluding hydrogens is 246 g/mol. The molecule has 0 aromatic carbocycles. The zero-order valence-electron chi connectivity index (χ0n) is 7.29. The first-order valence-electron chi connectivity index (χ1n) is 4.47. The van der Waals surface area contributed by atoms with Gasteiger partial charge < -0.3 is 5.32 Å². The SMILES string of the molecule is Brc1ccc(CNC2CC=CC2)s1. The summed E-state index contributed by atoms with van der Waals surface area (Å²) < 4.78 is 1.22. The van der Waals surface area contributed by atoms with Gasteiger partial charge in [0.05, 0.1) is 3.79 Å². The van der Waals surface area contributed by atoms with Gasteiger partial charge in [0.25, 0.3) is 0 Å². The fraction of sp³-hybridized carbons (Fsp3) is 0.400. The van der Waals surface area contributed by atoms with E-state index in [0.29, 0.717) is 6.04 Å². The molecule has 3 heteroatoms. The first-order valence-corrected chi connectivity index (χ1v) is 6.08. The van der Waals surface area contributed by atoms with E-state index in [9.17, 15) is 0 Å². The Kier molecular flexibility index (Phi) is 3.19. The third-order valence-electron chi connectivity index (χ3n) is 2.20. The summed E-state index contributed by atoms with van der Waals surface area (Å²) in [6.07, 6.45) is 6.88. The van der Waals surface area contributed by atoms with Crippen LogP contribution in [0.25, 0.3) is 0 Å². The highest BCUT2D eigenvalue weighted by atomic mass is 79.9. The molecule has 0 saturated carbocycles. The lowest BCUT2D eigenvalue weighted by Crippen LogP contribution is -2.25. The fourth-order valence-electron chi connectivity index (χ4n) is 1.48. The van der Waals surface area contributed by atoms with Crippen LogP contribution in [-0.4, -0.2) is 6.04 Å². The van der Waals surface area contributed by atoms with E-state index < -0.39 is 0 Å². The minimum atomic E-state index is 0.667. The third-order valence-corrected chi connectivity index (χ3v) is 3.83. The molecule has 1 aromatic rings. The van der Waals surface area contributed by atoms with E-state index in [-0.39, 0.29) is 0 Å². The zero-order chi connectivity index (χ0) is 9.10. The van der Waals surface area contributed by atoms with Crippen molar-refractivity contribution in [3.05, 3.63) is 32.9 Å². The Hall–Kier alpha value is -0.120. The van der Waals surface area contributed by atoms with Crippen molar-refractivity contribution in [1.82, 2.24) is 5.32 Å². The Morgan fingerprint density at radius 1 is 1.38 bits per heavy atom. The van der Waals surface area contributed by atoms with E-state index in [1.165, 1.54) is 21.5 Å². The highest BCUT2D eigenvalue weighted by Crippen LogP contribution is 2.22. The number of hydrogen-bond donors (Lipinski definition) is 1. The lowest BCUT2D eigenvalue weighted by molar-refractivity contribution is 0.542. The van der Waals surface area contributed by atoms with Gasteiger partial charge in [-0.1, -0.05) is 12.2 Å². The van der Waals surface area contributed by atoms with Crippen LogP contribution in [0.2, 0.25) is 0 Å². The second-order valence-corrected chi connectivity index (χ2v) is 5.77. The highest BCUT2D eigenvalue weighted by molar-refractivity contribution is 9.11. The first-order chi connectivity index (χ1) is 6.34. The van der Waals surface area contributed by atoms with E-state index in [4.69, 9.17) is 0 Å². The van der Waals surface area contributed by atoms with Crippen molar-refractivity contribution < 1.29 is 0 Å². The molecule has 0 radical (unpaired) electrons. The molecule has 1 aromatic heterocycles. The van der Waals surface area contributed by atoms with Crippen LogP contribution >= 0.6 is 27.3 Å². The van der Waals surface area contributed by atoms with Gasteiger partial charge in [0.1, 0.15) is 0 Å². The van der Waals surface area contributed by atoms with Crippen LogP contribution in [0.15, 0.2) is 28.1 Å². The average Bonchev–Trinajstić information content (AvgIpc) is 2.71. The van der Waals surface area contributed by atoms with Crippen molar-refractivity contribution in [3.63, 3.8) is 0 Å². The maximum absolute atomic E-state index is 3.54. The zero-order valence-corrected chi connectivity index (χ0v) is 9.70. The Morgan fingerprint density at radius 2 is 2.15 bits per heavy atom. The van der Waals surface area contributed by atoms with Crippen molar-refractivity contribution in [1.29, 1.82) is 0 Å². The maximum atomic E-state index is 3.54. The molecule has 70 valence electrons. The molecule has 1 nitrogen and oxygen atoms in total. The molecule has 13 heavy (non-hydrogen) atoms. The van der Waals surface area contributed by atoms with Crippen LogP contribution in [0, 0.1) is 0 Å². The van der Waals surface area contributed by atoms with Gasteiger partial charge in [0.2, 0.25) is 0 Å². The van der Waals surface area contributed by atoms with Crippen LogP contribution in [0.4, 0.5) is 0 Å². The standard InChI is InChI=1S/C10H12BrNS/c11-10-6-5-9(13-10)7-12-8-3-1-2-4-8/h1-2,5-6,8,12H,3-4,7H2. The molecule has 1 N–H and O–H groups in total. The molecule has 0 spiro atoms. The Bertz CT molecular complexity index is 298. The minimum absolute atomic E-state index is 0.667. The van der Waals surface area contributed by atoms with Gasteiger partial charge in [-0.25, -0.2) is 0 Å². The summed E-state index contributed by atoms with van der Waals surface area (Å²) in [7, 11) is 0. The van der Waals surface area contributed by atoms with Gasteiger partial charge in [0.15, 0.2) is 0 Å². The number of thiophene rings is 1. The van der Waals surface area contributed by atoms with Gasteiger partial charge in [-0.05, 0) is 40.9 Å². The molecule has 0 bridgehead atoms. The van der Waals surface area contributed by atoms with Crippen LogP contribution < -0.4 is 5.32 Å². The average molecular weight is 258 g/mol. The molecule has 0 saturated heterocycles. The first kappa shape index (κ1) is 9.44.